The van der Waals surface area contributed by atoms with Gasteiger partial charge in [0, 0.05) is 20.0 Å². The molecule has 0 aliphatic carbocycles. The van der Waals surface area contributed by atoms with Crippen LogP contribution in [0.25, 0.3) is 0 Å². The van der Waals surface area contributed by atoms with E-state index < -0.39 is 54.8 Å². The number of esters is 1. The zero-order valence-corrected chi connectivity index (χ0v) is 24.2. The highest BCUT2D eigenvalue weighted by Gasteiger charge is 2.31. The van der Waals surface area contributed by atoms with Gasteiger partial charge in [0.25, 0.3) is 5.91 Å². The molecular formula is C30H41N3O8. The van der Waals surface area contributed by atoms with Crippen LogP contribution in [0, 0.1) is 5.92 Å². The Hall–Kier alpha value is -3.80. The minimum absolute atomic E-state index is 0.0331. The Morgan fingerprint density at radius 3 is 1.83 bits per heavy atom. The third-order valence-electron chi connectivity index (χ3n) is 6.30. The zero-order valence-electron chi connectivity index (χ0n) is 24.2. The number of nitrogens with one attached hydrogen (secondary N) is 2. The highest BCUT2D eigenvalue weighted by molar-refractivity contribution is 5.93. The Morgan fingerprint density at radius 2 is 1.37 bits per heavy atom. The van der Waals surface area contributed by atoms with E-state index >= 15 is 0 Å². The van der Waals surface area contributed by atoms with Crippen molar-refractivity contribution in [3.05, 3.63) is 71.8 Å². The zero-order chi connectivity index (χ0) is 30.4. The molecule has 11 heteroatoms. The van der Waals surface area contributed by atoms with Crippen LogP contribution in [0.1, 0.15) is 31.9 Å². The van der Waals surface area contributed by atoms with Crippen LogP contribution < -0.4 is 10.6 Å². The van der Waals surface area contributed by atoms with Gasteiger partial charge in [-0.05, 0) is 24.0 Å². The molecule has 0 bridgehead atoms. The van der Waals surface area contributed by atoms with Gasteiger partial charge in [0.05, 0.1) is 13.2 Å². The first kappa shape index (κ1) is 33.4. The topological polar surface area (TPSA) is 156 Å². The van der Waals surface area contributed by atoms with Crippen LogP contribution in [-0.4, -0.2) is 84.9 Å². The number of carbonyl (C=O) groups excluding carboxylic acids is 3. The van der Waals surface area contributed by atoms with E-state index in [1.54, 1.807) is 0 Å². The Labute approximate surface area is 240 Å². The third-order valence-corrected chi connectivity index (χ3v) is 6.30. The van der Waals surface area contributed by atoms with Crippen LogP contribution in [0.15, 0.2) is 65.8 Å². The lowest BCUT2D eigenvalue weighted by molar-refractivity contribution is -0.145. The molecule has 224 valence electrons. The molecule has 0 fully saturated rings. The number of aliphatic hydroxyl groups is 2. The summed E-state index contributed by atoms with van der Waals surface area (Å²) in [5.41, 5.74) is 1.64. The van der Waals surface area contributed by atoms with Crippen molar-refractivity contribution < 1.29 is 38.9 Å². The van der Waals surface area contributed by atoms with E-state index in [-0.39, 0.29) is 24.5 Å². The summed E-state index contributed by atoms with van der Waals surface area (Å²) in [5, 5.41) is 29.5. The molecule has 0 spiro atoms. The second-order valence-corrected chi connectivity index (χ2v) is 9.96. The first-order valence-corrected chi connectivity index (χ1v) is 13.4. The summed E-state index contributed by atoms with van der Waals surface area (Å²) < 4.78 is 10.3. The summed E-state index contributed by atoms with van der Waals surface area (Å²) in [6.07, 6.45) is -2.85. The first-order chi connectivity index (χ1) is 19.6. The number of benzene rings is 2. The Morgan fingerprint density at radius 1 is 0.829 bits per heavy atom. The van der Waals surface area contributed by atoms with Gasteiger partial charge in [0.2, 0.25) is 5.91 Å². The number of ether oxygens (including phenoxy) is 2. The molecule has 2 amide bonds. The van der Waals surface area contributed by atoms with Crippen molar-refractivity contribution in [2.24, 2.45) is 11.1 Å². The number of oxime groups is 1. The van der Waals surface area contributed by atoms with Gasteiger partial charge in [-0.2, -0.15) is 0 Å². The number of aliphatic hydroxyl groups excluding tert-OH is 2. The van der Waals surface area contributed by atoms with E-state index in [0.29, 0.717) is 0 Å². The Balaban J connectivity index is 2.19. The maximum absolute atomic E-state index is 13.4. The van der Waals surface area contributed by atoms with Crippen molar-refractivity contribution in [1.82, 2.24) is 10.6 Å². The molecule has 0 heterocycles. The van der Waals surface area contributed by atoms with Crippen LogP contribution in [0.3, 0.4) is 0 Å². The molecule has 2 aromatic rings. The van der Waals surface area contributed by atoms with Crippen molar-refractivity contribution >= 4 is 23.5 Å². The van der Waals surface area contributed by atoms with Crippen LogP contribution in [0.2, 0.25) is 0 Å². The molecule has 0 saturated heterocycles. The number of hydrogen-bond acceptors (Lipinski definition) is 9. The fourth-order valence-electron chi connectivity index (χ4n) is 4.17. The number of methoxy groups -OCH3 is 2. The van der Waals surface area contributed by atoms with Crippen molar-refractivity contribution in [3.63, 3.8) is 0 Å². The number of nitrogens with zero attached hydrogens (tertiary/aromatic N) is 1. The quantitative estimate of drug-likeness (QED) is 0.134. The fourth-order valence-corrected chi connectivity index (χ4v) is 4.17. The Bertz CT molecular complexity index is 1130. The maximum atomic E-state index is 13.4. The van der Waals surface area contributed by atoms with Crippen LogP contribution in [0.4, 0.5) is 0 Å². The minimum Gasteiger partial charge on any atom is -0.467 e. The van der Waals surface area contributed by atoms with E-state index in [1.807, 2.05) is 74.5 Å². The van der Waals surface area contributed by atoms with Crippen molar-refractivity contribution in [2.45, 2.75) is 64.0 Å². The lowest BCUT2D eigenvalue weighted by Crippen LogP contribution is -2.53. The predicted octanol–water partition coefficient (Wildman–Crippen LogP) is 1.40. The summed E-state index contributed by atoms with van der Waals surface area (Å²) in [6, 6.07) is 16.2. The van der Waals surface area contributed by atoms with Gasteiger partial charge >= 0.3 is 5.97 Å². The molecule has 0 saturated carbocycles. The van der Waals surface area contributed by atoms with Crippen LogP contribution in [-0.2, 0) is 41.5 Å². The van der Waals surface area contributed by atoms with Gasteiger partial charge in [-0.25, -0.2) is 4.79 Å². The molecule has 2 rings (SSSR count). The number of rotatable bonds is 16. The molecule has 4 N–H and O–H groups in total. The normalized spacial score (nSPS) is 15.3. The standard InChI is InChI=1S/C30H41N3O8/c1-19(2)28(39-4)26(27(36)20(3)34)33-41-18-25(35)31-23(16-21-12-8-6-9-13-21)29(37)32-24(30(38)40-5)17-22-14-10-7-11-15-22/h6-15,19-20,23-24,27-28,34,36H,16-18H2,1-5H3,(H,31,35)(H,32,37)/b33-26+/t20?,23-,24-,27?,28-/m0/s1. The SMILES string of the molecule is COC(=O)[C@H](Cc1ccccc1)NC(=O)[C@H](Cc1ccccc1)NC(=O)CO/N=C(\C(O)C(C)O)[C@@H](OC)C(C)C. The molecule has 0 aliphatic heterocycles. The van der Waals surface area contributed by atoms with Crippen molar-refractivity contribution in [2.75, 3.05) is 20.8 Å². The Kier molecular flexibility index (Phi) is 13.9. The number of carbonyl (C=O) groups is 3. The average molecular weight is 572 g/mol. The van der Waals surface area contributed by atoms with Gasteiger partial charge in [0.15, 0.2) is 6.61 Å². The molecule has 5 atom stereocenters. The highest BCUT2D eigenvalue weighted by atomic mass is 16.6. The summed E-state index contributed by atoms with van der Waals surface area (Å²) in [7, 11) is 2.68. The van der Waals surface area contributed by atoms with Crippen molar-refractivity contribution in [3.8, 4) is 0 Å². The van der Waals surface area contributed by atoms with Gasteiger partial charge in [0.1, 0.15) is 30.0 Å². The molecule has 11 nitrogen and oxygen atoms in total. The average Bonchev–Trinajstić information content (AvgIpc) is 2.96. The molecule has 41 heavy (non-hydrogen) atoms. The summed E-state index contributed by atoms with van der Waals surface area (Å²) in [4.78, 5) is 43.9. The smallest absolute Gasteiger partial charge is 0.328 e. The molecule has 2 aromatic carbocycles. The molecule has 2 unspecified atom stereocenters. The maximum Gasteiger partial charge on any atom is 0.328 e. The third kappa shape index (κ3) is 10.9. The summed E-state index contributed by atoms with van der Waals surface area (Å²) in [6.45, 7) is 4.51. The van der Waals surface area contributed by atoms with E-state index in [9.17, 15) is 24.6 Å². The molecular weight excluding hydrogens is 530 g/mol. The van der Waals surface area contributed by atoms with E-state index in [0.717, 1.165) is 11.1 Å². The van der Waals surface area contributed by atoms with E-state index in [4.69, 9.17) is 14.3 Å². The van der Waals surface area contributed by atoms with Crippen molar-refractivity contribution in [1.29, 1.82) is 0 Å². The van der Waals surface area contributed by atoms with Gasteiger partial charge in [-0.15, -0.1) is 0 Å². The predicted molar refractivity (Wildman–Crippen MR) is 153 cm³/mol. The molecule has 0 aromatic heterocycles. The van der Waals surface area contributed by atoms with Crippen LogP contribution >= 0.6 is 0 Å². The number of hydrogen-bond donors (Lipinski definition) is 4. The summed E-state index contributed by atoms with van der Waals surface area (Å²) >= 11 is 0. The van der Waals surface area contributed by atoms with Gasteiger partial charge < -0.3 is 35.2 Å². The molecule has 0 aliphatic rings. The second-order valence-electron chi connectivity index (χ2n) is 9.96. The largest absolute Gasteiger partial charge is 0.467 e. The van der Waals surface area contributed by atoms with Crippen LogP contribution in [0.5, 0.6) is 0 Å². The monoisotopic (exact) mass is 571 g/mol. The van der Waals surface area contributed by atoms with Gasteiger partial charge in [-0.3, -0.25) is 9.59 Å². The second kappa shape index (κ2) is 17.1. The lowest BCUT2D eigenvalue weighted by Gasteiger charge is -2.25. The van der Waals surface area contributed by atoms with E-state index in [1.165, 1.54) is 21.1 Å². The summed E-state index contributed by atoms with van der Waals surface area (Å²) in [5.74, 6) is -1.97. The fraction of sp³-hybridized carbons (Fsp3) is 0.467. The highest BCUT2D eigenvalue weighted by Crippen LogP contribution is 2.13. The minimum atomic E-state index is -1.37. The first-order valence-electron chi connectivity index (χ1n) is 13.4. The van der Waals surface area contributed by atoms with E-state index in [2.05, 4.69) is 15.8 Å². The van der Waals surface area contributed by atoms with Gasteiger partial charge in [-0.1, -0.05) is 79.7 Å². The molecule has 0 radical (unpaired) electrons. The number of amides is 2. The lowest BCUT2D eigenvalue weighted by atomic mass is 9.96.